The molecule has 0 saturated carbocycles. The van der Waals surface area contributed by atoms with Crippen molar-refractivity contribution in [3.8, 4) is 11.5 Å². The highest BCUT2D eigenvalue weighted by Gasteiger charge is 2.32. The molecule has 0 aliphatic carbocycles. The van der Waals surface area contributed by atoms with Crippen LogP contribution in [-0.2, 0) is 30.6 Å². The Balaban J connectivity index is 2.50. The molecule has 2 rings (SSSR count). The number of benzene rings is 2. The maximum Gasteiger partial charge on any atom is 0.311 e. The molecule has 2 aromatic rings. The molecule has 10 heteroatoms. The summed E-state index contributed by atoms with van der Waals surface area (Å²) in [6, 6.07) is 8.91. The van der Waals surface area contributed by atoms with Gasteiger partial charge in [-0.2, -0.15) is 0 Å². The Labute approximate surface area is 313 Å². The summed E-state index contributed by atoms with van der Waals surface area (Å²) in [5, 5.41) is 9.11. The van der Waals surface area contributed by atoms with E-state index in [1.807, 2.05) is 33.3 Å². The molecule has 0 radical (unpaired) electrons. The SMILES string of the molecule is COCCSSCCOc1c(C(C)C)cc(SC(C)(C)Sc2cc(C(C)(C)C)c(OC(=O)CCC(=O)O)c(C(C)(C)C)c2)cc1C(C)(C)C. The first kappa shape index (κ1) is 43.7. The average molecular weight is 753 g/mol. The Morgan fingerprint density at radius 1 is 0.694 bits per heavy atom. The predicted octanol–water partition coefficient (Wildman–Crippen LogP) is 11.5. The second-order valence-corrected chi connectivity index (χ2v) is 22.5. The first-order valence-corrected chi connectivity index (χ1v) is 21.1. The molecule has 0 fully saturated rings. The monoisotopic (exact) mass is 752 g/mol. The molecule has 2 aromatic carbocycles. The van der Waals surface area contributed by atoms with Crippen molar-refractivity contribution in [2.24, 2.45) is 0 Å². The summed E-state index contributed by atoms with van der Waals surface area (Å²) in [6.45, 7) is 29.8. The standard InChI is InChI=1S/C39H60O6S4/c1-25(2)28-21-26(22-29(36(3,4)5)34(28)44-18-20-47-46-19-17-43-14)48-39(12,13)49-27-23-30(37(6,7)8)35(31(24-27)38(9,10)11)45-33(42)16-15-32(40)41/h21-25H,15-20H2,1-14H3,(H,40,41). The Bertz CT molecular complexity index is 1380. The summed E-state index contributed by atoms with van der Waals surface area (Å²) in [4.78, 5) is 26.2. The molecule has 1 N–H and O–H groups in total. The van der Waals surface area contributed by atoms with E-state index in [2.05, 4.69) is 114 Å². The quantitative estimate of drug-likeness (QED) is 0.0421. The van der Waals surface area contributed by atoms with Gasteiger partial charge in [0.05, 0.1) is 30.1 Å². The van der Waals surface area contributed by atoms with E-state index in [0.717, 1.165) is 39.9 Å². The normalized spacial score (nSPS) is 12.8. The number of aliphatic carboxylic acids is 1. The van der Waals surface area contributed by atoms with Gasteiger partial charge in [-0.1, -0.05) is 97.7 Å². The van der Waals surface area contributed by atoms with Gasteiger partial charge >= 0.3 is 11.9 Å². The number of carboxylic acid groups (broad SMARTS) is 1. The lowest BCUT2D eigenvalue weighted by molar-refractivity contribution is -0.142. The molecule has 0 spiro atoms. The fraction of sp³-hybridized carbons (Fsp3) is 0.641. The number of esters is 1. The molecule has 0 aliphatic rings. The minimum Gasteiger partial charge on any atom is -0.492 e. The number of hydrogen-bond acceptors (Lipinski definition) is 9. The minimum absolute atomic E-state index is 0.103. The summed E-state index contributed by atoms with van der Waals surface area (Å²) in [5.74, 6) is 2.18. The molecular weight excluding hydrogens is 693 g/mol. The minimum atomic E-state index is -1.02. The van der Waals surface area contributed by atoms with Crippen LogP contribution in [0.25, 0.3) is 0 Å². The smallest absolute Gasteiger partial charge is 0.311 e. The molecule has 0 heterocycles. The van der Waals surface area contributed by atoms with Crippen molar-refractivity contribution in [2.75, 3.05) is 31.8 Å². The molecule has 0 unspecified atom stereocenters. The molecule has 276 valence electrons. The highest BCUT2D eigenvalue weighted by molar-refractivity contribution is 8.76. The molecule has 0 amide bonds. The third kappa shape index (κ3) is 14.2. The van der Waals surface area contributed by atoms with E-state index in [1.54, 1.807) is 18.9 Å². The Morgan fingerprint density at radius 2 is 1.14 bits per heavy atom. The molecule has 0 bridgehead atoms. The van der Waals surface area contributed by atoms with E-state index in [9.17, 15) is 9.59 Å². The van der Waals surface area contributed by atoms with E-state index in [4.69, 9.17) is 19.3 Å². The number of thioether (sulfide) groups is 2. The topological polar surface area (TPSA) is 82.1 Å². The van der Waals surface area contributed by atoms with Gasteiger partial charge in [0.15, 0.2) is 0 Å². The Kier molecular flexibility index (Phi) is 16.4. The molecule has 49 heavy (non-hydrogen) atoms. The maximum absolute atomic E-state index is 12.8. The van der Waals surface area contributed by atoms with Crippen LogP contribution in [0, 0.1) is 0 Å². The fourth-order valence-electron chi connectivity index (χ4n) is 5.09. The van der Waals surface area contributed by atoms with Crippen LogP contribution in [0.4, 0.5) is 0 Å². The van der Waals surface area contributed by atoms with Crippen LogP contribution < -0.4 is 9.47 Å². The molecule has 0 saturated heterocycles. The van der Waals surface area contributed by atoms with Crippen LogP contribution in [-0.4, -0.2) is 53.0 Å². The van der Waals surface area contributed by atoms with Crippen LogP contribution in [0.2, 0.25) is 0 Å². The van der Waals surface area contributed by atoms with Gasteiger partial charge in [0.1, 0.15) is 11.5 Å². The highest BCUT2D eigenvalue weighted by atomic mass is 33.1. The summed E-state index contributed by atoms with van der Waals surface area (Å²) in [6.07, 6.45) is -0.432. The zero-order valence-electron chi connectivity index (χ0n) is 32.3. The second kappa shape index (κ2) is 18.3. The van der Waals surface area contributed by atoms with E-state index >= 15 is 0 Å². The van der Waals surface area contributed by atoms with Crippen molar-refractivity contribution < 1.29 is 28.9 Å². The fourth-order valence-corrected chi connectivity index (χ4v) is 9.42. The van der Waals surface area contributed by atoms with Crippen LogP contribution in [0.1, 0.15) is 131 Å². The maximum atomic E-state index is 12.8. The van der Waals surface area contributed by atoms with Crippen molar-refractivity contribution in [2.45, 2.75) is 139 Å². The van der Waals surface area contributed by atoms with Crippen molar-refractivity contribution in [1.29, 1.82) is 0 Å². The van der Waals surface area contributed by atoms with Crippen LogP contribution in [0.15, 0.2) is 34.1 Å². The number of carbonyl (C=O) groups is 2. The number of carboxylic acids is 1. The third-order valence-electron chi connectivity index (χ3n) is 7.55. The first-order chi connectivity index (χ1) is 22.5. The highest BCUT2D eigenvalue weighted by Crippen LogP contribution is 2.51. The van der Waals surface area contributed by atoms with Crippen molar-refractivity contribution in [3.63, 3.8) is 0 Å². The van der Waals surface area contributed by atoms with Gasteiger partial charge in [-0.05, 0) is 65.8 Å². The number of hydrogen-bond donors (Lipinski definition) is 1. The number of ether oxygens (including phenoxy) is 3. The number of methoxy groups -OCH3 is 1. The summed E-state index contributed by atoms with van der Waals surface area (Å²) < 4.78 is 17.4. The number of carbonyl (C=O) groups excluding carboxylic acids is 1. The third-order valence-corrected chi connectivity index (χ3v) is 12.3. The molecule has 0 aliphatic heterocycles. The van der Waals surface area contributed by atoms with Gasteiger partial charge in [0, 0.05) is 45.1 Å². The summed E-state index contributed by atoms with van der Waals surface area (Å²) in [7, 11) is 5.37. The van der Waals surface area contributed by atoms with Crippen LogP contribution in [0.5, 0.6) is 11.5 Å². The lowest BCUT2D eigenvalue weighted by atomic mass is 9.79. The van der Waals surface area contributed by atoms with Crippen molar-refractivity contribution in [1.82, 2.24) is 0 Å². The van der Waals surface area contributed by atoms with Gasteiger partial charge in [0.25, 0.3) is 0 Å². The Hall–Kier alpha value is -1.46. The van der Waals surface area contributed by atoms with E-state index < -0.39 is 11.9 Å². The van der Waals surface area contributed by atoms with Crippen LogP contribution in [0.3, 0.4) is 0 Å². The first-order valence-electron chi connectivity index (χ1n) is 17.0. The van der Waals surface area contributed by atoms with E-state index in [-0.39, 0.29) is 33.2 Å². The molecule has 0 atom stereocenters. The number of rotatable bonds is 17. The lowest BCUT2D eigenvalue weighted by Gasteiger charge is -2.32. The zero-order chi connectivity index (χ0) is 37.4. The van der Waals surface area contributed by atoms with Gasteiger partial charge < -0.3 is 19.3 Å². The van der Waals surface area contributed by atoms with E-state index in [0.29, 0.717) is 18.3 Å². The van der Waals surface area contributed by atoms with Gasteiger partial charge in [-0.25, -0.2) is 0 Å². The molecular formula is C39H60O6S4. The summed E-state index contributed by atoms with van der Waals surface area (Å²) >= 11 is 3.65. The zero-order valence-corrected chi connectivity index (χ0v) is 35.5. The van der Waals surface area contributed by atoms with Crippen molar-refractivity contribution in [3.05, 3.63) is 46.5 Å². The largest absolute Gasteiger partial charge is 0.492 e. The van der Waals surface area contributed by atoms with Crippen LogP contribution >= 0.6 is 45.1 Å². The van der Waals surface area contributed by atoms with Crippen molar-refractivity contribution >= 4 is 57.1 Å². The molecule has 6 nitrogen and oxygen atoms in total. The van der Waals surface area contributed by atoms with E-state index in [1.165, 1.54) is 16.0 Å². The van der Waals surface area contributed by atoms with Gasteiger partial charge in [0.2, 0.25) is 0 Å². The molecule has 0 aromatic heterocycles. The average Bonchev–Trinajstić information content (AvgIpc) is 2.94. The Morgan fingerprint density at radius 3 is 1.57 bits per heavy atom. The van der Waals surface area contributed by atoms with Gasteiger partial charge in [-0.15, -0.1) is 23.5 Å². The van der Waals surface area contributed by atoms with Gasteiger partial charge in [-0.3, -0.25) is 9.59 Å². The predicted molar refractivity (Wildman–Crippen MR) is 214 cm³/mol. The second-order valence-electron chi connectivity index (χ2n) is 16.1. The lowest BCUT2D eigenvalue weighted by Crippen LogP contribution is -2.22. The summed E-state index contributed by atoms with van der Waals surface area (Å²) in [5.41, 5.74) is 3.57.